The van der Waals surface area contributed by atoms with Gasteiger partial charge in [0.2, 0.25) is 5.91 Å². The molecule has 172 valence electrons. The Morgan fingerprint density at radius 3 is 2.74 bits per heavy atom. The molecule has 0 radical (unpaired) electrons. The number of carbonyl (C=O) groups excluding carboxylic acids is 2. The zero-order chi connectivity index (χ0) is 21.3. The highest BCUT2D eigenvalue weighted by Crippen LogP contribution is 2.27. The Morgan fingerprint density at radius 1 is 1.26 bits per heavy atom. The Kier molecular flexibility index (Phi) is 10.4. The number of nitrogens with one attached hydrogen (secondary N) is 2. The van der Waals surface area contributed by atoms with E-state index in [-0.39, 0.29) is 42.5 Å². The number of halogens is 1. The van der Waals surface area contributed by atoms with Gasteiger partial charge in [-0.15, -0.1) is 24.0 Å². The van der Waals surface area contributed by atoms with Crippen LogP contribution in [0, 0.1) is 5.92 Å². The van der Waals surface area contributed by atoms with Gasteiger partial charge in [-0.2, -0.15) is 0 Å². The lowest BCUT2D eigenvalue weighted by Crippen LogP contribution is -2.45. The molecular formula is C22H34IN5O3. The number of benzene rings is 1. The van der Waals surface area contributed by atoms with Crippen molar-refractivity contribution in [1.29, 1.82) is 0 Å². The number of aliphatic imine (C=N–C) groups is 1. The summed E-state index contributed by atoms with van der Waals surface area (Å²) in [6.45, 7) is 4.65. The molecule has 1 heterocycles. The van der Waals surface area contributed by atoms with Crippen molar-refractivity contribution in [2.75, 3.05) is 26.2 Å². The monoisotopic (exact) mass is 543 g/mol. The molecule has 8 nitrogen and oxygen atoms in total. The molecule has 3 rings (SSSR count). The van der Waals surface area contributed by atoms with Crippen LogP contribution in [0.4, 0.5) is 0 Å². The molecule has 1 aliphatic heterocycles. The third-order valence-electron chi connectivity index (χ3n) is 5.59. The van der Waals surface area contributed by atoms with Gasteiger partial charge in [0.25, 0.3) is 5.91 Å². The summed E-state index contributed by atoms with van der Waals surface area (Å²) in [6, 6.07) is 7.67. The number of nitrogens with two attached hydrogens (primary N) is 1. The Morgan fingerprint density at radius 2 is 2.03 bits per heavy atom. The lowest BCUT2D eigenvalue weighted by Gasteiger charge is -2.21. The van der Waals surface area contributed by atoms with Gasteiger partial charge in [-0.25, -0.2) is 4.99 Å². The molecular weight excluding hydrogens is 509 g/mol. The average molecular weight is 543 g/mol. The smallest absolute Gasteiger partial charge is 0.255 e. The molecule has 1 saturated heterocycles. The number of guanidine groups is 1. The number of hydrogen-bond acceptors (Lipinski definition) is 4. The van der Waals surface area contributed by atoms with Gasteiger partial charge in [-0.05, 0) is 43.9 Å². The molecule has 4 N–H and O–H groups in total. The Balaban J connectivity index is 0.00000341. The molecule has 1 aromatic carbocycles. The maximum absolute atomic E-state index is 12.7. The van der Waals surface area contributed by atoms with Crippen LogP contribution in [0.2, 0.25) is 0 Å². The van der Waals surface area contributed by atoms with Crippen LogP contribution in [0.1, 0.15) is 44.6 Å². The summed E-state index contributed by atoms with van der Waals surface area (Å²) in [7, 11) is 0. The van der Waals surface area contributed by atoms with Crippen molar-refractivity contribution in [3.63, 3.8) is 0 Å². The summed E-state index contributed by atoms with van der Waals surface area (Å²) in [5.74, 6) is 1.38. The number of nitrogens with zero attached hydrogens (tertiary/aromatic N) is 2. The van der Waals surface area contributed by atoms with Crippen molar-refractivity contribution in [2.45, 2.75) is 51.6 Å². The van der Waals surface area contributed by atoms with Crippen molar-refractivity contribution in [2.24, 2.45) is 16.6 Å². The van der Waals surface area contributed by atoms with Crippen LogP contribution in [-0.2, 0) is 16.1 Å². The summed E-state index contributed by atoms with van der Waals surface area (Å²) in [5, 5.41) is 6.75. The summed E-state index contributed by atoms with van der Waals surface area (Å²) in [4.78, 5) is 30.2. The molecule has 1 aromatic rings. The van der Waals surface area contributed by atoms with Crippen LogP contribution in [0.15, 0.2) is 29.3 Å². The van der Waals surface area contributed by atoms with Gasteiger partial charge in [-0.3, -0.25) is 9.59 Å². The van der Waals surface area contributed by atoms with E-state index in [1.165, 1.54) is 12.8 Å². The van der Waals surface area contributed by atoms with Crippen molar-refractivity contribution in [3.8, 4) is 5.75 Å². The molecule has 0 bridgehead atoms. The van der Waals surface area contributed by atoms with Crippen molar-refractivity contribution in [1.82, 2.24) is 15.5 Å². The first-order valence-corrected chi connectivity index (χ1v) is 10.9. The molecule has 1 saturated carbocycles. The largest absolute Gasteiger partial charge is 0.484 e. The van der Waals surface area contributed by atoms with Crippen LogP contribution >= 0.6 is 24.0 Å². The fourth-order valence-electron chi connectivity index (χ4n) is 4.08. The van der Waals surface area contributed by atoms with Crippen LogP contribution in [0.25, 0.3) is 0 Å². The van der Waals surface area contributed by atoms with E-state index in [9.17, 15) is 9.59 Å². The van der Waals surface area contributed by atoms with E-state index in [1.54, 1.807) is 6.07 Å². The number of rotatable bonds is 8. The zero-order valence-corrected chi connectivity index (χ0v) is 20.5. The molecule has 9 heteroatoms. The maximum atomic E-state index is 12.7. The van der Waals surface area contributed by atoms with E-state index in [2.05, 4.69) is 15.6 Å². The topological polar surface area (TPSA) is 109 Å². The molecule has 1 atom stereocenters. The van der Waals surface area contributed by atoms with E-state index in [4.69, 9.17) is 10.5 Å². The van der Waals surface area contributed by atoms with E-state index >= 15 is 0 Å². The molecule has 2 aliphatic rings. The van der Waals surface area contributed by atoms with Crippen LogP contribution in [0.5, 0.6) is 5.75 Å². The number of amides is 2. The third kappa shape index (κ3) is 7.86. The van der Waals surface area contributed by atoms with E-state index < -0.39 is 5.91 Å². The normalized spacial score (nSPS) is 19.1. The molecule has 1 aliphatic carbocycles. The first kappa shape index (κ1) is 25.2. The highest BCUT2D eigenvalue weighted by molar-refractivity contribution is 14.0. The van der Waals surface area contributed by atoms with E-state index in [0.29, 0.717) is 18.2 Å². The summed E-state index contributed by atoms with van der Waals surface area (Å²) >= 11 is 0. The minimum Gasteiger partial charge on any atom is -0.484 e. The average Bonchev–Trinajstić information content (AvgIpc) is 3.43. The van der Waals surface area contributed by atoms with Crippen molar-refractivity contribution < 1.29 is 14.3 Å². The van der Waals surface area contributed by atoms with Gasteiger partial charge >= 0.3 is 0 Å². The number of primary amides is 1. The van der Waals surface area contributed by atoms with Gasteiger partial charge in [0, 0.05) is 31.6 Å². The van der Waals surface area contributed by atoms with Crippen molar-refractivity contribution in [3.05, 3.63) is 29.8 Å². The second kappa shape index (κ2) is 12.7. The summed E-state index contributed by atoms with van der Waals surface area (Å²) < 4.78 is 5.35. The van der Waals surface area contributed by atoms with E-state index in [0.717, 1.165) is 50.4 Å². The minimum absolute atomic E-state index is 0. The maximum Gasteiger partial charge on any atom is 0.255 e. The highest BCUT2D eigenvalue weighted by atomic mass is 127. The molecule has 1 unspecified atom stereocenters. The third-order valence-corrected chi connectivity index (χ3v) is 5.59. The van der Waals surface area contributed by atoms with Crippen LogP contribution in [-0.4, -0.2) is 55.0 Å². The quantitative estimate of drug-likeness (QED) is 0.264. The SMILES string of the molecule is CCNC(=NCc1cccc(OCC(N)=O)c1)NC1CCN(C(=O)C2CCCC2)C1.I. The number of carbonyl (C=O) groups is 2. The first-order chi connectivity index (χ1) is 14.5. The fraction of sp³-hybridized carbons (Fsp3) is 0.591. The molecule has 0 aromatic heterocycles. The second-order valence-corrected chi connectivity index (χ2v) is 7.99. The predicted octanol–water partition coefficient (Wildman–Crippen LogP) is 2.01. The van der Waals surface area contributed by atoms with Crippen LogP contribution < -0.4 is 21.1 Å². The highest BCUT2D eigenvalue weighted by Gasteiger charge is 2.32. The second-order valence-electron chi connectivity index (χ2n) is 7.99. The van der Waals surface area contributed by atoms with Gasteiger partial charge in [0.15, 0.2) is 12.6 Å². The fourth-order valence-corrected chi connectivity index (χ4v) is 4.08. The lowest BCUT2D eigenvalue weighted by atomic mass is 10.1. The Hall–Kier alpha value is -2.04. The number of ether oxygens (including phenoxy) is 1. The molecule has 2 amide bonds. The minimum atomic E-state index is -0.505. The molecule has 0 spiro atoms. The van der Waals surface area contributed by atoms with E-state index in [1.807, 2.05) is 30.0 Å². The standard InChI is InChI=1S/C22H33N5O3.HI/c1-2-24-22(25-13-16-6-5-9-19(12-16)30-15-20(23)28)26-18-10-11-27(14-18)21(29)17-7-3-4-8-17;/h5-6,9,12,17-18H,2-4,7-8,10-11,13-15H2,1H3,(H2,23,28)(H2,24,25,26);1H. The van der Waals surface area contributed by atoms with Crippen LogP contribution in [0.3, 0.4) is 0 Å². The lowest BCUT2D eigenvalue weighted by molar-refractivity contribution is -0.134. The predicted molar refractivity (Wildman–Crippen MR) is 131 cm³/mol. The molecule has 31 heavy (non-hydrogen) atoms. The van der Waals surface area contributed by atoms with Gasteiger partial charge in [-0.1, -0.05) is 25.0 Å². The van der Waals surface area contributed by atoms with Gasteiger partial charge in [0.1, 0.15) is 5.75 Å². The molecule has 2 fully saturated rings. The number of hydrogen-bond donors (Lipinski definition) is 3. The first-order valence-electron chi connectivity index (χ1n) is 10.9. The summed E-state index contributed by atoms with van der Waals surface area (Å²) in [5.41, 5.74) is 6.10. The van der Waals surface area contributed by atoms with Gasteiger partial charge < -0.3 is 26.0 Å². The zero-order valence-electron chi connectivity index (χ0n) is 18.1. The van der Waals surface area contributed by atoms with Gasteiger partial charge in [0.05, 0.1) is 6.54 Å². The Bertz CT molecular complexity index is 767. The Labute approximate surface area is 201 Å². The number of likely N-dealkylation sites (tertiary alicyclic amines) is 1. The van der Waals surface area contributed by atoms with Crippen molar-refractivity contribution >= 4 is 41.8 Å². The summed E-state index contributed by atoms with van der Waals surface area (Å²) in [6.07, 6.45) is 5.37.